The molecule has 1 heterocycles. The molecular weight excluding hydrogens is 254 g/mol. The largest absolute Gasteiger partial charge is 0.352 e. The lowest BCUT2D eigenvalue weighted by molar-refractivity contribution is -0.128. The summed E-state index contributed by atoms with van der Waals surface area (Å²) in [7, 11) is 0. The summed E-state index contributed by atoms with van der Waals surface area (Å²) in [6, 6.07) is 5.22. The van der Waals surface area contributed by atoms with Crippen LogP contribution in [0.5, 0.6) is 0 Å². The minimum absolute atomic E-state index is 0.121. The molecule has 0 spiro atoms. The van der Waals surface area contributed by atoms with Gasteiger partial charge < -0.3 is 10.6 Å². The Morgan fingerprint density at radius 2 is 2.00 bits per heavy atom. The number of aromatic nitrogens is 1. The minimum Gasteiger partial charge on any atom is -0.352 e. The highest BCUT2D eigenvalue weighted by molar-refractivity contribution is 5.87. The highest BCUT2D eigenvalue weighted by Gasteiger charge is 2.16. The van der Waals surface area contributed by atoms with Gasteiger partial charge in [0.05, 0.1) is 0 Å². The lowest BCUT2D eigenvalue weighted by Gasteiger charge is -2.17. The first kappa shape index (κ1) is 16.1. The van der Waals surface area contributed by atoms with Gasteiger partial charge in [-0.2, -0.15) is 0 Å². The molecule has 0 aliphatic heterocycles. The summed E-state index contributed by atoms with van der Waals surface area (Å²) in [6.07, 6.45) is 3.48. The molecule has 2 atom stereocenters. The summed E-state index contributed by atoms with van der Waals surface area (Å²) in [4.78, 5) is 27.7. The maximum absolute atomic E-state index is 11.8. The highest BCUT2D eigenvalue weighted by Crippen LogP contribution is 1.99. The maximum atomic E-state index is 11.8. The summed E-state index contributed by atoms with van der Waals surface area (Å²) in [5, 5.41) is 5.54. The van der Waals surface area contributed by atoms with Crippen LogP contribution in [0, 0.1) is 0 Å². The number of carbonyl (C=O) groups is 2. The molecule has 0 aliphatic rings. The Kier molecular flexibility index (Phi) is 6.70. The average molecular weight is 277 g/mol. The van der Waals surface area contributed by atoms with Crippen molar-refractivity contribution < 1.29 is 9.59 Å². The monoisotopic (exact) mass is 277 g/mol. The number of amides is 2. The topological polar surface area (TPSA) is 71.1 Å². The van der Waals surface area contributed by atoms with Crippen LogP contribution in [0.3, 0.4) is 0 Å². The van der Waals surface area contributed by atoms with E-state index < -0.39 is 6.04 Å². The fourth-order valence-corrected chi connectivity index (χ4v) is 1.64. The first-order valence-corrected chi connectivity index (χ1v) is 7.02. The van der Waals surface area contributed by atoms with E-state index in [4.69, 9.17) is 0 Å². The third kappa shape index (κ3) is 5.82. The molecule has 20 heavy (non-hydrogen) atoms. The van der Waals surface area contributed by atoms with E-state index in [1.165, 1.54) is 0 Å². The Balaban J connectivity index is 2.32. The Hall–Kier alpha value is -1.91. The average Bonchev–Trinajstić information content (AvgIpc) is 2.45. The molecule has 1 aromatic rings. The predicted molar refractivity (Wildman–Crippen MR) is 78.1 cm³/mol. The fourth-order valence-electron chi connectivity index (χ4n) is 1.64. The third-order valence-corrected chi connectivity index (χ3v) is 3.11. The van der Waals surface area contributed by atoms with Gasteiger partial charge in [-0.25, -0.2) is 0 Å². The number of hydrogen-bond acceptors (Lipinski definition) is 3. The number of rotatable bonds is 7. The van der Waals surface area contributed by atoms with Gasteiger partial charge in [0.25, 0.3) is 0 Å². The molecule has 0 saturated heterocycles. The number of nitrogens with one attached hydrogen (secondary N) is 2. The molecule has 0 bridgehead atoms. The summed E-state index contributed by atoms with van der Waals surface area (Å²) >= 11 is 0. The zero-order valence-electron chi connectivity index (χ0n) is 12.3. The molecule has 5 heteroatoms. The van der Waals surface area contributed by atoms with Crippen molar-refractivity contribution in [2.24, 2.45) is 0 Å². The molecule has 2 N–H and O–H groups in total. The van der Waals surface area contributed by atoms with Crippen LogP contribution < -0.4 is 10.6 Å². The lowest BCUT2D eigenvalue weighted by Crippen LogP contribution is -2.47. The third-order valence-electron chi connectivity index (χ3n) is 3.11. The van der Waals surface area contributed by atoms with E-state index >= 15 is 0 Å². The van der Waals surface area contributed by atoms with Gasteiger partial charge in [-0.15, -0.1) is 0 Å². The summed E-state index contributed by atoms with van der Waals surface area (Å²) in [5.41, 5.74) is 0.874. The van der Waals surface area contributed by atoms with Gasteiger partial charge in [-0.05, 0) is 38.8 Å². The number of nitrogens with zero attached hydrogens (tertiary/aromatic N) is 1. The van der Waals surface area contributed by atoms with Crippen LogP contribution in [0.1, 0.15) is 39.3 Å². The van der Waals surface area contributed by atoms with Crippen LogP contribution >= 0.6 is 0 Å². The Bertz CT molecular complexity index is 434. The van der Waals surface area contributed by atoms with Crippen LogP contribution in [-0.2, 0) is 16.0 Å². The lowest BCUT2D eigenvalue weighted by atomic mass is 10.2. The zero-order chi connectivity index (χ0) is 15.0. The maximum Gasteiger partial charge on any atom is 0.242 e. The smallest absolute Gasteiger partial charge is 0.242 e. The van der Waals surface area contributed by atoms with Crippen LogP contribution in [-0.4, -0.2) is 28.9 Å². The van der Waals surface area contributed by atoms with Crippen molar-refractivity contribution in [3.05, 3.63) is 30.1 Å². The molecule has 0 saturated carbocycles. The number of carbonyl (C=O) groups excluding carboxylic acids is 2. The molecule has 0 fully saturated rings. The van der Waals surface area contributed by atoms with Gasteiger partial charge in [0.2, 0.25) is 11.8 Å². The molecule has 2 amide bonds. The highest BCUT2D eigenvalue weighted by atomic mass is 16.2. The Labute approximate surface area is 120 Å². The molecule has 0 aromatic carbocycles. The molecule has 0 unspecified atom stereocenters. The van der Waals surface area contributed by atoms with E-state index in [0.29, 0.717) is 12.8 Å². The molecule has 0 aliphatic carbocycles. The molecule has 1 aromatic heterocycles. The van der Waals surface area contributed by atoms with E-state index in [0.717, 1.165) is 12.1 Å². The summed E-state index contributed by atoms with van der Waals surface area (Å²) < 4.78 is 0. The van der Waals surface area contributed by atoms with E-state index in [2.05, 4.69) is 15.6 Å². The standard InChI is InChI=1S/C15H23N3O2/c1-4-11(2)17-15(20)12(3)18-14(19)9-8-13-7-5-6-10-16-13/h5-7,10-12H,4,8-9H2,1-3H3,(H,17,20)(H,18,19)/t11-,12+/m0/s1. The van der Waals surface area contributed by atoms with E-state index in [9.17, 15) is 9.59 Å². The number of hydrogen-bond donors (Lipinski definition) is 2. The van der Waals surface area contributed by atoms with Crippen molar-refractivity contribution >= 4 is 11.8 Å². The van der Waals surface area contributed by atoms with Crippen molar-refractivity contribution in [2.45, 2.75) is 52.1 Å². The Morgan fingerprint density at radius 3 is 2.60 bits per heavy atom. The van der Waals surface area contributed by atoms with Crippen molar-refractivity contribution in [1.82, 2.24) is 15.6 Å². The van der Waals surface area contributed by atoms with Crippen molar-refractivity contribution in [2.75, 3.05) is 0 Å². The van der Waals surface area contributed by atoms with Gasteiger partial charge in [0.15, 0.2) is 0 Å². The van der Waals surface area contributed by atoms with Crippen LogP contribution in [0.4, 0.5) is 0 Å². The van der Waals surface area contributed by atoms with Crippen LogP contribution in [0.25, 0.3) is 0 Å². The molecule has 110 valence electrons. The van der Waals surface area contributed by atoms with Gasteiger partial charge >= 0.3 is 0 Å². The van der Waals surface area contributed by atoms with Gasteiger partial charge in [0, 0.05) is 24.4 Å². The summed E-state index contributed by atoms with van der Waals surface area (Å²) in [6.45, 7) is 5.63. The van der Waals surface area contributed by atoms with E-state index in [-0.39, 0.29) is 17.9 Å². The van der Waals surface area contributed by atoms with E-state index in [1.54, 1.807) is 13.1 Å². The second-order valence-corrected chi connectivity index (χ2v) is 4.93. The minimum atomic E-state index is -0.514. The number of pyridine rings is 1. The fraction of sp³-hybridized carbons (Fsp3) is 0.533. The van der Waals surface area contributed by atoms with Crippen LogP contribution in [0.15, 0.2) is 24.4 Å². The quantitative estimate of drug-likeness (QED) is 0.792. The molecule has 5 nitrogen and oxygen atoms in total. The second-order valence-electron chi connectivity index (χ2n) is 4.93. The van der Waals surface area contributed by atoms with Gasteiger partial charge in [-0.3, -0.25) is 14.6 Å². The van der Waals surface area contributed by atoms with Gasteiger partial charge in [-0.1, -0.05) is 13.0 Å². The second kappa shape index (κ2) is 8.30. The first-order valence-electron chi connectivity index (χ1n) is 7.02. The van der Waals surface area contributed by atoms with Crippen molar-refractivity contribution in [3.8, 4) is 0 Å². The van der Waals surface area contributed by atoms with Crippen molar-refractivity contribution in [1.29, 1.82) is 0 Å². The SMILES string of the molecule is CC[C@H](C)NC(=O)[C@@H](C)NC(=O)CCc1ccccn1. The number of aryl methyl sites for hydroxylation is 1. The zero-order valence-corrected chi connectivity index (χ0v) is 12.3. The Morgan fingerprint density at radius 1 is 1.25 bits per heavy atom. The van der Waals surface area contributed by atoms with Gasteiger partial charge in [0.1, 0.15) is 6.04 Å². The molecular formula is C15H23N3O2. The normalized spacial score (nSPS) is 13.3. The van der Waals surface area contributed by atoms with Crippen molar-refractivity contribution in [3.63, 3.8) is 0 Å². The first-order chi connectivity index (χ1) is 9.52. The van der Waals surface area contributed by atoms with E-state index in [1.807, 2.05) is 32.0 Å². The molecule has 1 rings (SSSR count). The van der Waals surface area contributed by atoms with Crippen LogP contribution in [0.2, 0.25) is 0 Å². The molecule has 0 radical (unpaired) electrons. The predicted octanol–water partition coefficient (Wildman–Crippen LogP) is 1.43. The summed E-state index contributed by atoms with van der Waals surface area (Å²) in [5.74, 6) is -0.284.